The topological polar surface area (TPSA) is 64.7 Å². The number of hydrogen-bond acceptors (Lipinski definition) is 4. The SMILES string of the molecule is CN(C)c1ccc([C@@H](CNC(=O)C(=O)NC2CCCC2)N2CCc3ccccc3C2)cc1. The molecule has 1 atom stereocenters. The molecule has 0 radical (unpaired) electrons. The van der Waals surface area contributed by atoms with Crippen LogP contribution in [0.1, 0.15) is 48.4 Å². The van der Waals surface area contributed by atoms with Gasteiger partial charge in [-0.3, -0.25) is 14.5 Å². The molecule has 1 aliphatic heterocycles. The van der Waals surface area contributed by atoms with Crippen LogP contribution >= 0.6 is 0 Å². The lowest BCUT2D eigenvalue weighted by Gasteiger charge is -2.36. The van der Waals surface area contributed by atoms with E-state index in [-0.39, 0.29) is 12.1 Å². The summed E-state index contributed by atoms with van der Waals surface area (Å²) in [6.07, 6.45) is 5.15. The molecule has 0 spiro atoms. The Morgan fingerprint density at radius 2 is 1.69 bits per heavy atom. The number of benzene rings is 2. The summed E-state index contributed by atoms with van der Waals surface area (Å²) in [5.74, 6) is -1.05. The molecule has 0 saturated heterocycles. The number of anilines is 1. The summed E-state index contributed by atoms with van der Waals surface area (Å²) in [6.45, 7) is 2.15. The van der Waals surface area contributed by atoms with E-state index in [9.17, 15) is 9.59 Å². The zero-order valence-corrected chi connectivity index (χ0v) is 19.1. The molecule has 1 fully saturated rings. The van der Waals surface area contributed by atoms with Crippen LogP contribution in [0.2, 0.25) is 0 Å². The monoisotopic (exact) mass is 434 g/mol. The third kappa shape index (κ3) is 5.30. The number of rotatable bonds is 6. The van der Waals surface area contributed by atoms with Crippen LogP contribution in [0, 0.1) is 0 Å². The molecule has 2 amide bonds. The second kappa shape index (κ2) is 10.2. The molecule has 6 heteroatoms. The molecule has 32 heavy (non-hydrogen) atoms. The predicted octanol–water partition coefficient (Wildman–Crippen LogP) is 3.03. The van der Waals surface area contributed by atoms with Crippen molar-refractivity contribution in [3.05, 3.63) is 65.2 Å². The van der Waals surface area contributed by atoms with E-state index in [1.54, 1.807) is 0 Å². The average Bonchev–Trinajstić information content (AvgIpc) is 3.32. The van der Waals surface area contributed by atoms with Gasteiger partial charge in [-0.05, 0) is 48.1 Å². The standard InChI is InChI=1S/C26H34N4O2/c1-29(2)23-13-11-20(12-14-23)24(30-16-15-19-7-3-4-8-21(19)18-30)17-27-25(31)26(32)28-22-9-5-6-10-22/h3-4,7-8,11-14,22,24H,5-6,9-10,15-18H2,1-2H3,(H,27,31)(H,28,32)/t24-/m1/s1. The summed E-state index contributed by atoms with van der Waals surface area (Å²) in [7, 11) is 4.05. The number of nitrogens with zero attached hydrogens (tertiary/aromatic N) is 2. The van der Waals surface area contributed by atoms with Gasteiger partial charge in [0.05, 0.1) is 6.04 Å². The van der Waals surface area contributed by atoms with Crippen LogP contribution in [0.3, 0.4) is 0 Å². The van der Waals surface area contributed by atoms with Crippen LogP contribution in [-0.4, -0.2) is 49.9 Å². The Bertz CT molecular complexity index is 935. The van der Waals surface area contributed by atoms with Gasteiger partial charge in [-0.25, -0.2) is 0 Å². The van der Waals surface area contributed by atoms with Crippen molar-refractivity contribution < 1.29 is 9.59 Å². The smallest absolute Gasteiger partial charge is 0.309 e. The number of hydrogen-bond donors (Lipinski definition) is 2. The van der Waals surface area contributed by atoms with Crippen molar-refractivity contribution in [2.24, 2.45) is 0 Å². The first-order valence-corrected chi connectivity index (χ1v) is 11.7. The van der Waals surface area contributed by atoms with Crippen molar-refractivity contribution in [1.82, 2.24) is 15.5 Å². The predicted molar refractivity (Wildman–Crippen MR) is 127 cm³/mol. The fraction of sp³-hybridized carbons (Fsp3) is 0.462. The average molecular weight is 435 g/mol. The summed E-state index contributed by atoms with van der Waals surface area (Å²) in [5, 5.41) is 5.80. The zero-order valence-electron chi connectivity index (χ0n) is 19.1. The van der Waals surface area contributed by atoms with E-state index >= 15 is 0 Å². The Hall–Kier alpha value is -2.86. The first-order valence-electron chi connectivity index (χ1n) is 11.7. The quantitative estimate of drug-likeness (QED) is 0.686. The fourth-order valence-corrected chi connectivity index (χ4v) is 4.83. The maximum Gasteiger partial charge on any atom is 0.309 e. The highest BCUT2D eigenvalue weighted by molar-refractivity contribution is 6.35. The van der Waals surface area contributed by atoms with Crippen LogP contribution in [0.4, 0.5) is 5.69 Å². The van der Waals surface area contributed by atoms with Crippen molar-refractivity contribution in [2.45, 2.75) is 50.7 Å². The van der Waals surface area contributed by atoms with E-state index in [0.29, 0.717) is 6.54 Å². The molecule has 2 aromatic carbocycles. The van der Waals surface area contributed by atoms with Crippen LogP contribution < -0.4 is 15.5 Å². The van der Waals surface area contributed by atoms with Crippen molar-refractivity contribution in [1.29, 1.82) is 0 Å². The summed E-state index contributed by atoms with van der Waals surface area (Å²) in [5.41, 5.74) is 5.01. The van der Waals surface area contributed by atoms with Crippen molar-refractivity contribution >= 4 is 17.5 Å². The molecule has 2 aliphatic rings. The molecular weight excluding hydrogens is 400 g/mol. The summed E-state index contributed by atoms with van der Waals surface area (Å²) >= 11 is 0. The summed E-state index contributed by atoms with van der Waals surface area (Å²) < 4.78 is 0. The van der Waals surface area contributed by atoms with Gasteiger partial charge in [-0.15, -0.1) is 0 Å². The number of nitrogens with one attached hydrogen (secondary N) is 2. The molecule has 1 saturated carbocycles. The molecule has 2 N–H and O–H groups in total. The number of carbonyl (C=O) groups excluding carboxylic acids is 2. The molecule has 2 aromatic rings. The third-order valence-electron chi connectivity index (χ3n) is 6.75. The van der Waals surface area contributed by atoms with E-state index in [0.717, 1.165) is 56.4 Å². The zero-order chi connectivity index (χ0) is 22.5. The van der Waals surface area contributed by atoms with Gasteiger partial charge in [-0.2, -0.15) is 0 Å². The van der Waals surface area contributed by atoms with Gasteiger partial charge >= 0.3 is 11.8 Å². The largest absolute Gasteiger partial charge is 0.378 e. The van der Waals surface area contributed by atoms with Crippen LogP contribution in [0.5, 0.6) is 0 Å². The van der Waals surface area contributed by atoms with Gasteiger partial charge in [0.15, 0.2) is 0 Å². The third-order valence-corrected chi connectivity index (χ3v) is 6.75. The van der Waals surface area contributed by atoms with E-state index in [4.69, 9.17) is 0 Å². The lowest BCUT2D eigenvalue weighted by Crippen LogP contribution is -2.47. The molecule has 1 aliphatic carbocycles. The molecule has 4 rings (SSSR count). The fourth-order valence-electron chi connectivity index (χ4n) is 4.83. The highest BCUT2D eigenvalue weighted by atomic mass is 16.2. The molecule has 170 valence electrons. The maximum atomic E-state index is 12.5. The molecule has 1 heterocycles. The lowest BCUT2D eigenvalue weighted by molar-refractivity contribution is -0.139. The lowest BCUT2D eigenvalue weighted by atomic mass is 9.96. The Kier molecular flexibility index (Phi) is 7.10. The van der Waals surface area contributed by atoms with Crippen LogP contribution in [-0.2, 0) is 22.6 Å². The van der Waals surface area contributed by atoms with E-state index in [1.807, 2.05) is 14.1 Å². The molecule has 6 nitrogen and oxygen atoms in total. The Balaban J connectivity index is 1.47. The molecule has 0 unspecified atom stereocenters. The Labute approximate surface area is 191 Å². The normalized spacial score (nSPS) is 17.4. The molecule has 0 aromatic heterocycles. The summed E-state index contributed by atoms with van der Waals surface area (Å²) in [4.78, 5) is 29.4. The molecule has 0 bridgehead atoms. The van der Waals surface area contributed by atoms with Crippen molar-refractivity contribution in [3.63, 3.8) is 0 Å². The highest BCUT2D eigenvalue weighted by Crippen LogP contribution is 2.28. The minimum absolute atomic E-state index is 0.00259. The number of carbonyl (C=O) groups is 2. The van der Waals surface area contributed by atoms with Gasteiger partial charge in [0.1, 0.15) is 0 Å². The van der Waals surface area contributed by atoms with E-state index < -0.39 is 11.8 Å². The second-order valence-electron chi connectivity index (χ2n) is 9.16. The van der Waals surface area contributed by atoms with Gasteiger partial charge in [-0.1, -0.05) is 49.2 Å². The van der Waals surface area contributed by atoms with Gasteiger partial charge in [0.2, 0.25) is 0 Å². The minimum Gasteiger partial charge on any atom is -0.378 e. The number of fused-ring (bicyclic) bond motifs is 1. The Morgan fingerprint density at radius 1 is 1.00 bits per heavy atom. The summed E-state index contributed by atoms with van der Waals surface area (Å²) in [6, 6.07) is 17.2. The first kappa shape index (κ1) is 22.3. The minimum atomic E-state index is -0.538. The first-order chi connectivity index (χ1) is 15.5. The van der Waals surface area contributed by atoms with Crippen LogP contribution in [0.15, 0.2) is 48.5 Å². The second-order valence-corrected chi connectivity index (χ2v) is 9.16. The van der Waals surface area contributed by atoms with Crippen molar-refractivity contribution in [2.75, 3.05) is 32.1 Å². The number of amides is 2. The molecular formula is C26H34N4O2. The van der Waals surface area contributed by atoms with Gasteiger partial charge < -0.3 is 15.5 Å². The van der Waals surface area contributed by atoms with Gasteiger partial charge in [0.25, 0.3) is 0 Å². The van der Waals surface area contributed by atoms with Gasteiger partial charge in [0, 0.05) is 45.5 Å². The van der Waals surface area contributed by atoms with E-state index in [1.165, 1.54) is 11.1 Å². The maximum absolute atomic E-state index is 12.5. The Morgan fingerprint density at radius 3 is 2.38 bits per heavy atom. The van der Waals surface area contributed by atoms with Crippen molar-refractivity contribution in [3.8, 4) is 0 Å². The van der Waals surface area contributed by atoms with E-state index in [2.05, 4.69) is 69.0 Å². The van der Waals surface area contributed by atoms with Crippen LogP contribution in [0.25, 0.3) is 0 Å². The highest BCUT2D eigenvalue weighted by Gasteiger charge is 2.27.